The van der Waals surface area contributed by atoms with Crippen LogP contribution in [0, 0.1) is 12.7 Å². The number of aryl methyl sites for hydroxylation is 1. The van der Waals surface area contributed by atoms with Crippen LogP contribution in [0.5, 0.6) is 0 Å². The molecule has 0 bridgehead atoms. The molecule has 0 radical (unpaired) electrons. The van der Waals surface area contributed by atoms with Gasteiger partial charge < -0.3 is 16.8 Å². The van der Waals surface area contributed by atoms with E-state index in [-0.39, 0.29) is 17.8 Å². The van der Waals surface area contributed by atoms with Gasteiger partial charge in [-0.3, -0.25) is 0 Å². The summed E-state index contributed by atoms with van der Waals surface area (Å²) in [7, 11) is 0. The highest BCUT2D eigenvalue weighted by Crippen LogP contribution is 2.35. The van der Waals surface area contributed by atoms with E-state index in [0.717, 1.165) is 29.7 Å². The molecule has 0 spiro atoms. The first-order valence-corrected chi connectivity index (χ1v) is 7.40. The Labute approximate surface area is 129 Å². The number of rotatable bonds is 4. The molecule has 0 aliphatic heterocycles. The third-order valence-corrected chi connectivity index (χ3v) is 4.13. The molecule has 1 aromatic carbocycles. The van der Waals surface area contributed by atoms with Crippen LogP contribution in [0.2, 0.25) is 0 Å². The summed E-state index contributed by atoms with van der Waals surface area (Å²) in [6.45, 7) is 2.44. The van der Waals surface area contributed by atoms with E-state index >= 15 is 0 Å². The minimum Gasteiger partial charge on any atom is -0.368 e. The Bertz CT molecular complexity index is 682. The van der Waals surface area contributed by atoms with E-state index in [2.05, 4.69) is 15.3 Å². The van der Waals surface area contributed by atoms with Crippen molar-refractivity contribution in [3.8, 4) is 0 Å². The lowest BCUT2D eigenvalue weighted by molar-refractivity contribution is 0.345. The number of nitrogens with two attached hydrogens (primary N) is 2. The van der Waals surface area contributed by atoms with Crippen molar-refractivity contribution >= 4 is 11.8 Å². The minimum atomic E-state index is -0.242. The van der Waals surface area contributed by atoms with E-state index < -0.39 is 0 Å². The summed E-state index contributed by atoms with van der Waals surface area (Å²) >= 11 is 0. The Morgan fingerprint density at radius 2 is 2.05 bits per heavy atom. The lowest BCUT2D eigenvalue weighted by atomic mass is 9.78. The molecule has 1 aliphatic carbocycles. The van der Waals surface area contributed by atoms with Crippen LogP contribution in [-0.4, -0.2) is 16.0 Å². The lowest BCUT2D eigenvalue weighted by Gasteiger charge is -2.32. The van der Waals surface area contributed by atoms with Crippen molar-refractivity contribution in [1.82, 2.24) is 9.97 Å². The molecular formula is C16H20FN5. The first-order valence-electron chi connectivity index (χ1n) is 7.40. The highest BCUT2D eigenvalue weighted by atomic mass is 19.1. The maximum Gasteiger partial charge on any atom is 0.222 e. The molecule has 3 rings (SSSR count). The summed E-state index contributed by atoms with van der Waals surface area (Å²) in [5.41, 5.74) is 14.4. The van der Waals surface area contributed by atoms with E-state index in [1.807, 2.05) is 13.0 Å². The van der Waals surface area contributed by atoms with Gasteiger partial charge in [-0.2, -0.15) is 4.98 Å². The Balaban J connectivity index is 1.73. The SMILES string of the molecule is Cc1ccc(F)cc1CNc1cc(C2CC(N)C2)nc(N)n1. The summed E-state index contributed by atoms with van der Waals surface area (Å²) in [5.74, 6) is 1.02. The molecule has 5 nitrogen and oxygen atoms in total. The zero-order valence-corrected chi connectivity index (χ0v) is 12.5. The summed E-state index contributed by atoms with van der Waals surface area (Å²) < 4.78 is 13.3. The van der Waals surface area contributed by atoms with Crippen LogP contribution in [0.3, 0.4) is 0 Å². The number of halogens is 1. The van der Waals surface area contributed by atoms with Gasteiger partial charge in [0.2, 0.25) is 5.95 Å². The topological polar surface area (TPSA) is 89.8 Å². The van der Waals surface area contributed by atoms with E-state index in [1.165, 1.54) is 12.1 Å². The Hall–Kier alpha value is -2.21. The monoisotopic (exact) mass is 301 g/mol. The fourth-order valence-electron chi connectivity index (χ4n) is 2.70. The molecule has 0 unspecified atom stereocenters. The smallest absolute Gasteiger partial charge is 0.222 e. The molecule has 1 saturated carbocycles. The fraction of sp³-hybridized carbons (Fsp3) is 0.375. The quantitative estimate of drug-likeness (QED) is 0.806. The Morgan fingerprint density at radius 3 is 2.77 bits per heavy atom. The molecule has 22 heavy (non-hydrogen) atoms. The van der Waals surface area contributed by atoms with Gasteiger partial charge in [0, 0.05) is 24.6 Å². The first-order chi connectivity index (χ1) is 10.5. The van der Waals surface area contributed by atoms with E-state index in [1.54, 1.807) is 6.07 Å². The number of hydrogen-bond acceptors (Lipinski definition) is 5. The van der Waals surface area contributed by atoms with Crippen LogP contribution in [0.4, 0.5) is 16.2 Å². The van der Waals surface area contributed by atoms with Crippen LogP contribution in [0.15, 0.2) is 24.3 Å². The van der Waals surface area contributed by atoms with Crippen molar-refractivity contribution in [2.45, 2.75) is 38.3 Å². The van der Waals surface area contributed by atoms with Crippen molar-refractivity contribution in [3.63, 3.8) is 0 Å². The van der Waals surface area contributed by atoms with Crippen molar-refractivity contribution < 1.29 is 4.39 Å². The molecule has 1 fully saturated rings. The van der Waals surface area contributed by atoms with Crippen molar-refractivity contribution in [1.29, 1.82) is 0 Å². The third-order valence-electron chi connectivity index (χ3n) is 4.13. The number of nitrogen functional groups attached to an aromatic ring is 1. The molecule has 116 valence electrons. The van der Waals surface area contributed by atoms with Crippen LogP contribution >= 0.6 is 0 Å². The normalized spacial score (nSPS) is 20.5. The van der Waals surface area contributed by atoms with Crippen LogP contribution < -0.4 is 16.8 Å². The van der Waals surface area contributed by atoms with Gasteiger partial charge in [-0.1, -0.05) is 6.07 Å². The molecular weight excluding hydrogens is 281 g/mol. The van der Waals surface area contributed by atoms with Gasteiger partial charge in [-0.05, 0) is 43.0 Å². The molecule has 1 aromatic heterocycles. The highest BCUT2D eigenvalue weighted by molar-refractivity contribution is 5.43. The van der Waals surface area contributed by atoms with Gasteiger partial charge in [-0.25, -0.2) is 9.37 Å². The number of nitrogens with one attached hydrogen (secondary N) is 1. The van der Waals surface area contributed by atoms with Gasteiger partial charge in [0.05, 0.1) is 5.69 Å². The van der Waals surface area contributed by atoms with Crippen LogP contribution in [0.1, 0.15) is 35.6 Å². The molecule has 6 heteroatoms. The molecule has 0 saturated heterocycles. The molecule has 0 atom stereocenters. The molecule has 1 aliphatic rings. The molecule has 5 N–H and O–H groups in total. The standard InChI is InChI=1S/C16H20FN5/c1-9-2-3-12(17)4-11(9)8-20-15-7-14(21-16(19)22-15)10-5-13(18)6-10/h2-4,7,10,13H,5-6,8,18H2,1H3,(H3,19,20,21,22). The summed E-state index contributed by atoms with van der Waals surface area (Å²) in [6.07, 6.45) is 1.86. The van der Waals surface area contributed by atoms with Crippen molar-refractivity contribution in [2.75, 3.05) is 11.1 Å². The van der Waals surface area contributed by atoms with Gasteiger partial charge in [0.15, 0.2) is 0 Å². The van der Waals surface area contributed by atoms with Crippen molar-refractivity contribution in [3.05, 3.63) is 46.9 Å². The summed E-state index contributed by atoms with van der Waals surface area (Å²) in [4.78, 5) is 8.48. The Kier molecular flexibility index (Phi) is 3.94. The predicted molar refractivity (Wildman–Crippen MR) is 84.9 cm³/mol. The average Bonchev–Trinajstić information content (AvgIpc) is 2.44. The minimum absolute atomic E-state index is 0.242. The maximum absolute atomic E-state index is 13.3. The second-order valence-electron chi connectivity index (χ2n) is 5.89. The van der Waals surface area contributed by atoms with Gasteiger partial charge in [-0.15, -0.1) is 0 Å². The maximum atomic E-state index is 13.3. The van der Waals surface area contributed by atoms with E-state index in [4.69, 9.17) is 11.5 Å². The predicted octanol–water partition coefficient (Wildman–Crippen LogP) is 2.32. The second kappa shape index (κ2) is 5.88. The Morgan fingerprint density at radius 1 is 1.27 bits per heavy atom. The van der Waals surface area contributed by atoms with E-state index in [9.17, 15) is 4.39 Å². The van der Waals surface area contributed by atoms with Gasteiger partial charge in [0.25, 0.3) is 0 Å². The number of benzene rings is 1. The fourth-order valence-corrected chi connectivity index (χ4v) is 2.70. The zero-order chi connectivity index (χ0) is 15.7. The van der Waals surface area contributed by atoms with Crippen LogP contribution in [-0.2, 0) is 6.54 Å². The average molecular weight is 301 g/mol. The molecule has 2 aromatic rings. The summed E-state index contributed by atoms with van der Waals surface area (Å²) in [5, 5.41) is 3.20. The molecule has 1 heterocycles. The van der Waals surface area contributed by atoms with Crippen molar-refractivity contribution in [2.24, 2.45) is 5.73 Å². The number of nitrogens with zero attached hydrogens (tertiary/aromatic N) is 2. The number of hydrogen-bond donors (Lipinski definition) is 3. The third kappa shape index (κ3) is 3.17. The van der Waals surface area contributed by atoms with Gasteiger partial charge in [0.1, 0.15) is 11.6 Å². The number of aromatic nitrogens is 2. The van der Waals surface area contributed by atoms with Crippen LogP contribution in [0.25, 0.3) is 0 Å². The van der Waals surface area contributed by atoms with Gasteiger partial charge >= 0.3 is 0 Å². The second-order valence-corrected chi connectivity index (χ2v) is 5.89. The first kappa shape index (κ1) is 14.7. The summed E-state index contributed by atoms with van der Waals surface area (Å²) in [6, 6.07) is 6.91. The largest absolute Gasteiger partial charge is 0.368 e. The highest BCUT2D eigenvalue weighted by Gasteiger charge is 2.29. The zero-order valence-electron chi connectivity index (χ0n) is 12.5. The number of anilines is 2. The molecule has 0 amide bonds. The van der Waals surface area contributed by atoms with E-state index in [0.29, 0.717) is 18.3 Å². The lowest BCUT2D eigenvalue weighted by Crippen LogP contribution is -2.35.